The minimum absolute atomic E-state index is 0.341. The molecule has 4 rings (SSSR count). The molecule has 0 aliphatic heterocycles. The standard InChI is InChI=1S/C24H22FN5/c1-30(16-13-18-11-14-26-15-12-18)23-17-22(19-7-3-2-4-8-19)28-24(29-23)27-21-10-6-5-9-20(21)25/h2-12,14-15,17H,13,16H2,1H3,(H,27,28,29). The van der Waals surface area contributed by atoms with Gasteiger partial charge >= 0.3 is 0 Å². The Bertz CT molecular complexity index is 1100. The largest absolute Gasteiger partial charge is 0.359 e. The van der Waals surface area contributed by atoms with Crippen LogP contribution in [0.5, 0.6) is 0 Å². The molecule has 6 heteroatoms. The van der Waals surface area contributed by atoms with Crippen molar-refractivity contribution in [1.82, 2.24) is 15.0 Å². The molecule has 0 saturated heterocycles. The van der Waals surface area contributed by atoms with E-state index in [-0.39, 0.29) is 5.82 Å². The molecule has 0 amide bonds. The number of hydrogen-bond acceptors (Lipinski definition) is 5. The maximum atomic E-state index is 14.1. The predicted octanol–water partition coefficient (Wildman–Crippen LogP) is 5.10. The summed E-state index contributed by atoms with van der Waals surface area (Å²) in [5.41, 5.74) is 3.29. The SMILES string of the molecule is CN(CCc1ccncc1)c1cc(-c2ccccc2)nc(Nc2ccccc2F)n1. The molecule has 0 spiro atoms. The molecule has 0 fully saturated rings. The lowest BCUT2D eigenvalue weighted by molar-refractivity contribution is 0.631. The van der Waals surface area contributed by atoms with Gasteiger partial charge in [0.1, 0.15) is 11.6 Å². The second-order valence-corrected chi connectivity index (χ2v) is 6.93. The topological polar surface area (TPSA) is 53.9 Å². The third-order valence-electron chi connectivity index (χ3n) is 4.78. The van der Waals surface area contributed by atoms with Gasteiger partial charge in [-0.05, 0) is 36.2 Å². The first kappa shape index (κ1) is 19.5. The molecule has 2 aromatic carbocycles. The van der Waals surface area contributed by atoms with Gasteiger partial charge in [-0.1, -0.05) is 42.5 Å². The zero-order chi connectivity index (χ0) is 20.8. The molecule has 30 heavy (non-hydrogen) atoms. The average Bonchev–Trinajstić information content (AvgIpc) is 2.80. The lowest BCUT2D eigenvalue weighted by Crippen LogP contribution is -2.22. The average molecular weight is 399 g/mol. The predicted molar refractivity (Wildman–Crippen MR) is 118 cm³/mol. The summed E-state index contributed by atoms with van der Waals surface area (Å²) in [6, 6.07) is 22.4. The molecule has 150 valence electrons. The number of hydrogen-bond donors (Lipinski definition) is 1. The molecule has 0 radical (unpaired) electrons. The number of para-hydroxylation sites is 1. The second-order valence-electron chi connectivity index (χ2n) is 6.93. The van der Waals surface area contributed by atoms with E-state index in [1.54, 1.807) is 30.6 Å². The zero-order valence-electron chi connectivity index (χ0n) is 16.7. The number of rotatable bonds is 7. The number of aromatic nitrogens is 3. The Hall–Kier alpha value is -3.80. The molecule has 0 aliphatic carbocycles. The van der Waals surface area contributed by atoms with Gasteiger partial charge in [0.05, 0.1) is 11.4 Å². The summed E-state index contributed by atoms with van der Waals surface area (Å²) in [6.07, 6.45) is 4.45. The van der Waals surface area contributed by atoms with Gasteiger partial charge in [-0.2, -0.15) is 4.98 Å². The minimum Gasteiger partial charge on any atom is -0.359 e. The second kappa shape index (κ2) is 9.13. The quantitative estimate of drug-likeness (QED) is 0.469. The smallest absolute Gasteiger partial charge is 0.229 e. The first-order valence-corrected chi connectivity index (χ1v) is 9.75. The monoisotopic (exact) mass is 399 g/mol. The summed E-state index contributed by atoms with van der Waals surface area (Å²) in [5.74, 6) is 0.766. The van der Waals surface area contributed by atoms with E-state index in [1.807, 2.05) is 55.6 Å². The highest BCUT2D eigenvalue weighted by atomic mass is 19.1. The van der Waals surface area contributed by atoms with Crippen LogP contribution in [0, 0.1) is 5.82 Å². The molecule has 0 saturated carbocycles. The van der Waals surface area contributed by atoms with Gasteiger partial charge in [0.15, 0.2) is 0 Å². The van der Waals surface area contributed by atoms with Crippen LogP contribution in [-0.4, -0.2) is 28.5 Å². The van der Waals surface area contributed by atoms with Crippen LogP contribution in [0.4, 0.5) is 21.8 Å². The Labute approximate surface area is 175 Å². The van der Waals surface area contributed by atoms with Crippen molar-refractivity contribution in [2.45, 2.75) is 6.42 Å². The number of nitrogens with one attached hydrogen (secondary N) is 1. The number of benzene rings is 2. The number of nitrogens with zero attached hydrogens (tertiary/aromatic N) is 4. The van der Waals surface area contributed by atoms with E-state index in [4.69, 9.17) is 0 Å². The van der Waals surface area contributed by atoms with E-state index < -0.39 is 0 Å². The third-order valence-corrected chi connectivity index (χ3v) is 4.78. The Balaban J connectivity index is 1.64. The number of likely N-dealkylation sites (N-methyl/N-ethyl adjacent to an activating group) is 1. The van der Waals surface area contributed by atoms with Crippen molar-refractivity contribution in [2.75, 3.05) is 23.8 Å². The number of pyridine rings is 1. The van der Waals surface area contributed by atoms with Crippen molar-refractivity contribution in [3.63, 3.8) is 0 Å². The van der Waals surface area contributed by atoms with Crippen molar-refractivity contribution in [3.8, 4) is 11.3 Å². The minimum atomic E-state index is -0.348. The van der Waals surface area contributed by atoms with E-state index in [2.05, 4.69) is 25.2 Å². The number of anilines is 3. The van der Waals surface area contributed by atoms with Gasteiger partial charge in [0.2, 0.25) is 5.95 Å². The molecule has 0 atom stereocenters. The highest BCUT2D eigenvalue weighted by molar-refractivity contribution is 5.66. The summed E-state index contributed by atoms with van der Waals surface area (Å²) in [4.78, 5) is 15.4. The highest BCUT2D eigenvalue weighted by Gasteiger charge is 2.12. The lowest BCUT2D eigenvalue weighted by atomic mass is 10.1. The molecule has 5 nitrogen and oxygen atoms in total. The summed E-state index contributed by atoms with van der Waals surface area (Å²) in [7, 11) is 1.99. The fraction of sp³-hybridized carbons (Fsp3) is 0.125. The first-order chi connectivity index (χ1) is 14.7. The van der Waals surface area contributed by atoms with Gasteiger partial charge in [-0.15, -0.1) is 0 Å². The molecular weight excluding hydrogens is 377 g/mol. The van der Waals surface area contributed by atoms with Gasteiger partial charge in [0, 0.05) is 37.6 Å². The zero-order valence-corrected chi connectivity index (χ0v) is 16.7. The van der Waals surface area contributed by atoms with Crippen molar-refractivity contribution < 1.29 is 4.39 Å². The molecule has 4 aromatic rings. The van der Waals surface area contributed by atoms with Gasteiger partial charge < -0.3 is 10.2 Å². The van der Waals surface area contributed by atoms with Crippen molar-refractivity contribution in [3.05, 3.63) is 96.6 Å². The Kier molecular flexibility index (Phi) is 5.94. The molecule has 2 aromatic heterocycles. The molecule has 0 aliphatic rings. The van der Waals surface area contributed by atoms with Crippen molar-refractivity contribution >= 4 is 17.5 Å². The summed E-state index contributed by atoms with van der Waals surface area (Å²) >= 11 is 0. The van der Waals surface area contributed by atoms with Crippen molar-refractivity contribution in [2.24, 2.45) is 0 Å². The Morgan fingerprint density at radius 1 is 0.900 bits per heavy atom. The van der Waals surface area contributed by atoms with Crippen LogP contribution >= 0.6 is 0 Å². The molecule has 1 N–H and O–H groups in total. The maximum absolute atomic E-state index is 14.1. The maximum Gasteiger partial charge on any atom is 0.229 e. The third kappa shape index (κ3) is 4.78. The van der Waals surface area contributed by atoms with E-state index in [9.17, 15) is 4.39 Å². The summed E-state index contributed by atoms with van der Waals surface area (Å²) in [5, 5.41) is 3.02. The van der Waals surface area contributed by atoms with Gasteiger partial charge in [0.25, 0.3) is 0 Å². The fourth-order valence-electron chi connectivity index (χ4n) is 3.09. The lowest BCUT2D eigenvalue weighted by Gasteiger charge is -2.20. The molecular formula is C24H22FN5. The van der Waals surface area contributed by atoms with Crippen LogP contribution in [0.3, 0.4) is 0 Å². The van der Waals surface area contributed by atoms with Gasteiger partial charge in [-0.3, -0.25) is 4.98 Å². The van der Waals surface area contributed by atoms with Crippen LogP contribution in [0.15, 0.2) is 85.2 Å². The fourth-order valence-corrected chi connectivity index (χ4v) is 3.09. The molecule has 0 bridgehead atoms. The van der Waals surface area contributed by atoms with E-state index in [0.717, 1.165) is 30.0 Å². The van der Waals surface area contributed by atoms with Crippen LogP contribution in [-0.2, 0) is 6.42 Å². The number of halogens is 1. The molecule has 0 unspecified atom stereocenters. The van der Waals surface area contributed by atoms with Crippen LogP contribution < -0.4 is 10.2 Å². The normalized spacial score (nSPS) is 10.6. The van der Waals surface area contributed by atoms with E-state index >= 15 is 0 Å². The summed E-state index contributed by atoms with van der Waals surface area (Å²) < 4.78 is 14.1. The van der Waals surface area contributed by atoms with Crippen LogP contribution in [0.25, 0.3) is 11.3 Å². The summed E-state index contributed by atoms with van der Waals surface area (Å²) in [6.45, 7) is 0.772. The molecule has 2 heterocycles. The highest BCUT2D eigenvalue weighted by Crippen LogP contribution is 2.25. The van der Waals surface area contributed by atoms with E-state index in [1.165, 1.54) is 11.6 Å². The van der Waals surface area contributed by atoms with Crippen molar-refractivity contribution in [1.29, 1.82) is 0 Å². The first-order valence-electron chi connectivity index (χ1n) is 9.75. The van der Waals surface area contributed by atoms with E-state index in [0.29, 0.717) is 11.6 Å². The van der Waals surface area contributed by atoms with Gasteiger partial charge in [-0.25, -0.2) is 9.37 Å². The van der Waals surface area contributed by atoms with Crippen LogP contribution in [0.2, 0.25) is 0 Å². The Morgan fingerprint density at radius 3 is 2.40 bits per heavy atom. The Morgan fingerprint density at radius 2 is 1.63 bits per heavy atom. The van der Waals surface area contributed by atoms with Crippen LogP contribution in [0.1, 0.15) is 5.56 Å².